The SMILES string of the molecule is COc1ccccc1NC(=O)N1C[C@H]2C[C@H](C1)[C@H]1CCCC(=O)N1C2. The van der Waals surface area contributed by atoms with Gasteiger partial charge in [0.25, 0.3) is 0 Å². The lowest BCUT2D eigenvalue weighted by Crippen LogP contribution is -2.61. The maximum absolute atomic E-state index is 12.8. The highest BCUT2D eigenvalue weighted by molar-refractivity contribution is 5.91. The Balaban J connectivity index is 1.46. The van der Waals surface area contributed by atoms with E-state index >= 15 is 0 Å². The maximum Gasteiger partial charge on any atom is 0.321 e. The van der Waals surface area contributed by atoms with Crippen LogP contribution in [0.2, 0.25) is 0 Å². The van der Waals surface area contributed by atoms with Crippen LogP contribution in [0.5, 0.6) is 5.75 Å². The average Bonchev–Trinajstić information content (AvgIpc) is 2.63. The summed E-state index contributed by atoms with van der Waals surface area (Å²) in [5, 5.41) is 2.98. The molecule has 1 aromatic carbocycles. The maximum atomic E-state index is 12.8. The van der Waals surface area contributed by atoms with E-state index in [0.29, 0.717) is 48.2 Å². The van der Waals surface area contributed by atoms with Crippen molar-refractivity contribution in [3.8, 4) is 5.75 Å². The number of likely N-dealkylation sites (tertiary alicyclic amines) is 1. The summed E-state index contributed by atoms with van der Waals surface area (Å²) in [6.45, 7) is 2.25. The van der Waals surface area contributed by atoms with Crippen molar-refractivity contribution in [1.82, 2.24) is 9.80 Å². The van der Waals surface area contributed by atoms with Crippen LogP contribution < -0.4 is 10.1 Å². The molecule has 3 atom stereocenters. The van der Waals surface area contributed by atoms with Crippen LogP contribution in [0.1, 0.15) is 25.7 Å². The molecule has 25 heavy (non-hydrogen) atoms. The summed E-state index contributed by atoms with van der Waals surface area (Å²) in [6, 6.07) is 7.70. The summed E-state index contributed by atoms with van der Waals surface area (Å²) in [4.78, 5) is 29.0. The van der Waals surface area contributed by atoms with Gasteiger partial charge >= 0.3 is 6.03 Å². The van der Waals surface area contributed by atoms with Gasteiger partial charge in [0, 0.05) is 32.1 Å². The summed E-state index contributed by atoms with van der Waals surface area (Å²) in [5.74, 6) is 1.76. The van der Waals surface area contributed by atoms with Crippen molar-refractivity contribution >= 4 is 17.6 Å². The Hall–Kier alpha value is -2.24. The standard InChI is InChI=1S/C19H25N3O3/c1-25-17-7-3-2-5-15(17)20-19(24)21-10-13-9-14(12-21)16-6-4-8-18(23)22(16)11-13/h2-3,5,7,13-14,16H,4,6,8-12H2,1H3,(H,20,24)/t13-,14-,16-/m1/s1. The van der Waals surface area contributed by atoms with E-state index in [0.717, 1.165) is 32.4 Å². The topological polar surface area (TPSA) is 61.9 Å². The molecule has 3 heterocycles. The first-order valence-electron chi connectivity index (χ1n) is 9.14. The number of hydrogen-bond acceptors (Lipinski definition) is 3. The fraction of sp³-hybridized carbons (Fsp3) is 0.579. The molecule has 0 saturated carbocycles. The van der Waals surface area contributed by atoms with Gasteiger partial charge in [0.05, 0.1) is 12.8 Å². The van der Waals surface area contributed by atoms with Crippen molar-refractivity contribution in [3.05, 3.63) is 24.3 Å². The molecule has 6 heteroatoms. The van der Waals surface area contributed by atoms with E-state index < -0.39 is 0 Å². The number of nitrogens with zero attached hydrogens (tertiary/aromatic N) is 2. The third kappa shape index (κ3) is 3.05. The molecule has 6 nitrogen and oxygen atoms in total. The number of urea groups is 1. The molecule has 0 aliphatic carbocycles. The summed E-state index contributed by atoms with van der Waals surface area (Å²) in [7, 11) is 1.60. The number of carbonyl (C=O) groups is 2. The second-order valence-electron chi connectivity index (χ2n) is 7.40. The van der Waals surface area contributed by atoms with Gasteiger partial charge < -0.3 is 19.9 Å². The predicted octanol–water partition coefficient (Wildman–Crippen LogP) is 2.56. The number of fused-ring (bicyclic) bond motifs is 4. The number of piperidine rings is 3. The average molecular weight is 343 g/mol. The van der Waals surface area contributed by atoms with Crippen LogP contribution in [0.25, 0.3) is 0 Å². The smallest absolute Gasteiger partial charge is 0.321 e. The number of nitrogens with one attached hydrogen (secondary N) is 1. The highest BCUT2D eigenvalue weighted by Gasteiger charge is 2.44. The Bertz CT molecular complexity index is 678. The van der Waals surface area contributed by atoms with E-state index in [9.17, 15) is 9.59 Å². The summed E-state index contributed by atoms with van der Waals surface area (Å²) in [5.41, 5.74) is 0.695. The molecule has 3 saturated heterocycles. The Kier molecular flexibility index (Phi) is 4.27. The molecule has 2 bridgehead atoms. The van der Waals surface area contributed by atoms with Crippen LogP contribution in [0, 0.1) is 11.8 Å². The van der Waals surface area contributed by atoms with E-state index in [-0.39, 0.29) is 6.03 Å². The normalized spacial score (nSPS) is 28.4. The fourth-order valence-corrected chi connectivity index (χ4v) is 4.72. The summed E-state index contributed by atoms with van der Waals surface area (Å²) >= 11 is 0. The molecule has 3 aliphatic heterocycles. The quantitative estimate of drug-likeness (QED) is 0.898. The first kappa shape index (κ1) is 16.2. The zero-order valence-electron chi connectivity index (χ0n) is 14.6. The molecule has 0 spiro atoms. The minimum absolute atomic E-state index is 0.0743. The predicted molar refractivity (Wildman–Crippen MR) is 94.5 cm³/mol. The van der Waals surface area contributed by atoms with Gasteiger partial charge in [-0.25, -0.2) is 4.79 Å². The fourth-order valence-electron chi connectivity index (χ4n) is 4.72. The Morgan fingerprint density at radius 3 is 2.92 bits per heavy atom. The van der Waals surface area contributed by atoms with Gasteiger partial charge in [-0.15, -0.1) is 0 Å². The van der Waals surface area contributed by atoms with Crippen LogP contribution in [-0.2, 0) is 4.79 Å². The largest absolute Gasteiger partial charge is 0.495 e. The monoisotopic (exact) mass is 343 g/mol. The second kappa shape index (κ2) is 6.58. The van der Waals surface area contributed by atoms with E-state index in [4.69, 9.17) is 4.74 Å². The molecule has 3 fully saturated rings. The molecule has 3 aliphatic rings. The number of hydrogen-bond donors (Lipinski definition) is 1. The zero-order chi connectivity index (χ0) is 17.4. The van der Waals surface area contributed by atoms with Crippen molar-refractivity contribution in [1.29, 1.82) is 0 Å². The van der Waals surface area contributed by atoms with Gasteiger partial charge in [0.1, 0.15) is 5.75 Å². The molecule has 1 aromatic rings. The van der Waals surface area contributed by atoms with Crippen LogP contribution in [0.3, 0.4) is 0 Å². The van der Waals surface area contributed by atoms with Crippen molar-refractivity contribution in [2.24, 2.45) is 11.8 Å². The molecule has 1 N–H and O–H groups in total. The van der Waals surface area contributed by atoms with Crippen LogP contribution in [0.15, 0.2) is 24.3 Å². The Morgan fingerprint density at radius 2 is 2.08 bits per heavy atom. The number of rotatable bonds is 2. The molecule has 0 radical (unpaired) electrons. The first-order valence-corrected chi connectivity index (χ1v) is 9.14. The van der Waals surface area contributed by atoms with Gasteiger partial charge in [-0.3, -0.25) is 4.79 Å². The molecule has 0 unspecified atom stereocenters. The van der Waals surface area contributed by atoms with Crippen LogP contribution in [0.4, 0.5) is 10.5 Å². The summed E-state index contributed by atoms with van der Waals surface area (Å²) in [6.07, 6.45) is 3.88. The number of carbonyl (C=O) groups excluding carboxylic acids is 2. The third-order valence-electron chi connectivity index (χ3n) is 5.82. The molecular formula is C19H25N3O3. The lowest BCUT2D eigenvalue weighted by molar-refractivity contribution is -0.144. The van der Waals surface area contributed by atoms with Crippen molar-refractivity contribution < 1.29 is 14.3 Å². The van der Waals surface area contributed by atoms with Gasteiger partial charge in [0.2, 0.25) is 5.91 Å². The number of amides is 3. The molecular weight excluding hydrogens is 318 g/mol. The minimum atomic E-state index is -0.0743. The number of anilines is 1. The minimum Gasteiger partial charge on any atom is -0.495 e. The van der Waals surface area contributed by atoms with Crippen molar-refractivity contribution in [2.45, 2.75) is 31.7 Å². The zero-order valence-corrected chi connectivity index (χ0v) is 14.6. The van der Waals surface area contributed by atoms with Crippen molar-refractivity contribution in [3.63, 3.8) is 0 Å². The Labute approximate surface area is 148 Å². The van der Waals surface area contributed by atoms with E-state index in [1.54, 1.807) is 7.11 Å². The van der Waals surface area contributed by atoms with Crippen molar-refractivity contribution in [2.75, 3.05) is 32.1 Å². The van der Waals surface area contributed by atoms with Gasteiger partial charge in [-0.05, 0) is 43.2 Å². The summed E-state index contributed by atoms with van der Waals surface area (Å²) < 4.78 is 5.31. The lowest BCUT2D eigenvalue weighted by Gasteiger charge is -2.52. The van der Waals surface area contributed by atoms with Crippen LogP contribution in [-0.4, -0.2) is 54.5 Å². The third-order valence-corrected chi connectivity index (χ3v) is 5.82. The molecule has 4 rings (SSSR count). The molecule has 134 valence electrons. The molecule has 0 aromatic heterocycles. The van der Waals surface area contributed by atoms with E-state index in [1.165, 1.54) is 0 Å². The van der Waals surface area contributed by atoms with Gasteiger partial charge in [-0.2, -0.15) is 0 Å². The molecule has 3 amide bonds. The highest BCUT2D eigenvalue weighted by atomic mass is 16.5. The van der Waals surface area contributed by atoms with Gasteiger partial charge in [-0.1, -0.05) is 12.1 Å². The van der Waals surface area contributed by atoms with Gasteiger partial charge in [0.15, 0.2) is 0 Å². The van der Waals surface area contributed by atoms with E-state index in [2.05, 4.69) is 10.2 Å². The second-order valence-corrected chi connectivity index (χ2v) is 7.40. The van der Waals surface area contributed by atoms with Crippen LogP contribution >= 0.6 is 0 Å². The van der Waals surface area contributed by atoms with E-state index in [1.807, 2.05) is 29.2 Å². The number of ether oxygens (including phenoxy) is 1. The number of benzene rings is 1. The highest BCUT2D eigenvalue weighted by Crippen LogP contribution is 2.38. The number of methoxy groups -OCH3 is 1. The number of para-hydroxylation sites is 2. The Morgan fingerprint density at radius 1 is 1.24 bits per heavy atom. The lowest BCUT2D eigenvalue weighted by atomic mass is 9.76. The first-order chi connectivity index (χ1) is 12.2.